The zero-order valence-electron chi connectivity index (χ0n) is 10.5. The van der Waals surface area contributed by atoms with Gasteiger partial charge in [-0.25, -0.2) is 9.97 Å². The molecule has 0 saturated heterocycles. The molecule has 0 radical (unpaired) electrons. The fraction of sp³-hybridized carbons (Fsp3) is 0.0833. The lowest BCUT2D eigenvalue weighted by atomic mass is 10.0. The third-order valence-corrected chi connectivity index (χ3v) is 3.84. The third kappa shape index (κ3) is 2.20. The van der Waals surface area contributed by atoms with Gasteiger partial charge in [-0.15, -0.1) is 5.11 Å². The van der Waals surface area contributed by atoms with Crippen molar-refractivity contribution in [3.8, 4) is 17.0 Å². The highest BCUT2D eigenvalue weighted by Gasteiger charge is 2.26. The molecule has 2 aromatic rings. The van der Waals surface area contributed by atoms with Crippen LogP contribution in [0.1, 0.15) is 11.3 Å². The Labute approximate surface area is 129 Å². The number of nitrogens with two attached hydrogens (primary N) is 1. The summed E-state index contributed by atoms with van der Waals surface area (Å²) < 4.78 is 5.63. The van der Waals surface area contributed by atoms with Crippen LogP contribution in [0, 0.1) is 5.41 Å². The van der Waals surface area contributed by atoms with Gasteiger partial charge < -0.3 is 10.6 Å². The molecule has 21 heavy (non-hydrogen) atoms. The van der Waals surface area contributed by atoms with Crippen LogP contribution in [0.2, 0.25) is 10.0 Å². The first-order valence-electron chi connectivity index (χ1n) is 5.78. The zero-order chi connectivity index (χ0) is 15.0. The van der Waals surface area contributed by atoms with Crippen LogP contribution in [0.4, 0.5) is 0 Å². The molecule has 0 fully saturated rings. The van der Waals surface area contributed by atoms with Gasteiger partial charge >= 0.3 is 0 Å². The van der Waals surface area contributed by atoms with E-state index in [1.54, 1.807) is 12.1 Å². The number of fused-ring (bicyclic) bond motifs is 3. The molecule has 0 aliphatic carbocycles. The highest BCUT2D eigenvalue weighted by Crippen LogP contribution is 2.42. The van der Waals surface area contributed by atoms with Gasteiger partial charge in [0.25, 0.3) is 0 Å². The second-order valence-corrected chi connectivity index (χ2v) is 4.93. The van der Waals surface area contributed by atoms with E-state index < -0.39 is 0 Å². The highest BCUT2D eigenvalue weighted by atomic mass is 35.5. The molecule has 9 heteroatoms. The molecular weight excluding hydrogens is 315 g/mol. The smallest absolute Gasteiger partial charge is 0.198 e. The molecule has 1 aromatic carbocycles. The van der Waals surface area contributed by atoms with Gasteiger partial charge in [-0.05, 0) is 6.07 Å². The van der Waals surface area contributed by atoms with E-state index in [4.69, 9.17) is 39.2 Å². The number of hydrogen-bond donors (Lipinski definition) is 2. The number of halogens is 2. The average molecular weight is 323 g/mol. The van der Waals surface area contributed by atoms with Crippen molar-refractivity contribution in [3.05, 3.63) is 39.8 Å². The standard InChI is InChI=1S/C12H8Cl2N6O/c13-7-2-1-5-6(8(7)14)3-21-11-9(5)17-4-18-10(11)12(15)19-20-16/h1-2,4H,3H2,(H3,15,16,19). The van der Waals surface area contributed by atoms with Gasteiger partial charge in [0, 0.05) is 11.1 Å². The van der Waals surface area contributed by atoms with E-state index in [1.165, 1.54) is 6.33 Å². The Morgan fingerprint density at radius 3 is 2.90 bits per heavy atom. The summed E-state index contributed by atoms with van der Waals surface area (Å²) >= 11 is 12.2. The number of amidine groups is 1. The fourth-order valence-corrected chi connectivity index (χ4v) is 2.47. The Kier molecular flexibility index (Phi) is 3.44. The molecule has 1 aromatic heterocycles. The Balaban J connectivity index is 2.21. The van der Waals surface area contributed by atoms with E-state index in [0.29, 0.717) is 21.5 Å². The van der Waals surface area contributed by atoms with Crippen molar-refractivity contribution in [2.24, 2.45) is 16.2 Å². The minimum Gasteiger partial charge on any atom is -0.484 e. The third-order valence-electron chi connectivity index (χ3n) is 3.00. The Hall–Kier alpha value is -2.25. The molecule has 1 aliphatic heterocycles. The van der Waals surface area contributed by atoms with Crippen molar-refractivity contribution in [3.63, 3.8) is 0 Å². The Morgan fingerprint density at radius 2 is 2.14 bits per heavy atom. The molecule has 7 nitrogen and oxygen atoms in total. The van der Waals surface area contributed by atoms with Gasteiger partial charge in [0.15, 0.2) is 17.3 Å². The molecule has 0 amide bonds. The van der Waals surface area contributed by atoms with Crippen molar-refractivity contribution in [1.82, 2.24) is 9.97 Å². The molecule has 106 valence electrons. The quantitative estimate of drug-likeness (QED) is 0.276. The van der Waals surface area contributed by atoms with Gasteiger partial charge in [0.1, 0.15) is 18.6 Å². The summed E-state index contributed by atoms with van der Waals surface area (Å²) in [6.45, 7) is 0.204. The molecule has 2 heterocycles. The van der Waals surface area contributed by atoms with Crippen LogP contribution < -0.4 is 10.6 Å². The lowest BCUT2D eigenvalue weighted by Gasteiger charge is -2.22. The van der Waals surface area contributed by atoms with Crippen molar-refractivity contribution in [1.29, 1.82) is 5.41 Å². The fourth-order valence-electron chi connectivity index (χ4n) is 2.08. The second-order valence-electron chi connectivity index (χ2n) is 4.14. The monoisotopic (exact) mass is 322 g/mol. The number of benzene rings is 1. The predicted molar refractivity (Wildman–Crippen MR) is 77.7 cm³/mol. The van der Waals surface area contributed by atoms with Crippen molar-refractivity contribution in [2.75, 3.05) is 0 Å². The van der Waals surface area contributed by atoms with Crippen LogP contribution in [0.5, 0.6) is 5.75 Å². The van der Waals surface area contributed by atoms with Crippen molar-refractivity contribution >= 4 is 29.0 Å². The molecule has 3 N–H and O–H groups in total. The van der Waals surface area contributed by atoms with Gasteiger partial charge in [-0.1, -0.05) is 34.5 Å². The first-order valence-corrected chi connectivity index (χ1v) is 6.54. The minimum absolute atomic E-state index is 0.204. The number of nitrogens with zero attached hydrogens (tertiary/aromatic N) is 4. The molecule has 0 saturated carbocycles. The van der Waals surface area contributed by atoms with Crippen molar-refractivity contribution in [2.45, 2.75) is 6.61 Å². The Bertz CT molecular complexity index is 777. The summed E-state index contributed by atoms with van der Waals surface area (Å²) in [5.74, 6) is 5.10. The number of nitrogens with one attached hydrogen (secondary N) is 1. The average Bonchev–Trinajstić information content (AvgIpc) is 2.50. The maximum atomic E-state index is 7.77. The van der Waals surface area contributed by atoms with Crippen LogP contribution in [0.15, 0.2) is 28.8 Å². The number of rotatable bonds is 1. The van der Waals surface area contributed by atoms with E-state index in [0.717, 1.165) is 11.1 Å². The predicted octanol–water partition coefficient (Wildman–Crippen LogP) is 2.99. The van der Waals surface area contributed by atoms with Gasteiger partial charge in [-0.2, -0.15) is 0 Å². The molecule has 0 atom stereocenters. The molecular formula is C12H8Cl2N6O. The van der Waals surface area contributed by atoms with Crippen LogP contribution in [0.25, 0.3) is 11.3 Å². The topological polar surface area (TPSA) is 110 Å². The molecule has 0 unspecified atom stereocenters. The van der Waals surface area contributed by atoms with Gasteiger partial charge in [-0.3, -0.25) is 5.41 Å². The minimum atomic E-state index is -0.209. The number of hydrogen-bond acceptors (Lipinski definition) is 5. The summed E-state index contributed by atoms with van der Waals surface area (Å²) in [6, 6.07) is 3.49. The zero-order valence-corrected chi connectivity index (χ0v) is 12.0. The van der Waals surface area contributed by atoms with Crippen LogP contribution in [0.3, 0.4) is 0 Å². The summed E-state index contributed by atoms with van der Waals surface area (Å²) in [5, 5.41) is 15.2. The van der Waals surface area contributed by atoms with Crippen LogP contribution >= 0.6 is 23.2 Å². The summed E-state index contributed by atoms with van der Waals surface area (Å²) in [5.41, 5.74) is 2.27. The number of aromatic nitrogens is 2. The van der Waals surface area contributed by atoms with Gasteiger partial charge in [0.05, 0.1) is 10.0 Å². The molecule has 1 aliphatic rings. The Morgan fingerprint density at radius 1 is 1.33 bits per heavy atom. The number of ether oxygens (including phenoxy) is 1. The van der Waals surface area contributed by atoms with Crippen LogP contribution in [-0.4, -0.2) is 15.8 Å². The maximum absolute atomic E-state index is 7.77. The largest absolute Gasteiger partial charge is 0.484 e. The van der Waals surface area contributed by atoms with Crippen LogP contribution in [-0.2, 0) is 6.61 Å². The highest BCUT2D eigenvalue weighted by molar-refractivity contribution is 6.42. The normalized spacial score (nSPS) is 12.7. The summed E-state index contributed by atoms with van der Waals surface area (Å²) in [7, 11) is 0. The molecule has 0 bridgehead atoms. The summed E-state index contributed by atoms with van der Waals surface area (Å²) in [4.78, 5) is 8.19. The maximum Gasteiger partial charge on any atom is 0.198 e. The lowest BCUT2D eigenvalue weighted by Crippen LogP contribution is -2.13. The van der Waals surface area contributed by atoms with E-state index in [-0.39, 0.29) is 18.1 Å². The first kappa shape index (κ1) is 13.7. The van der Waals surface area contributed by atoms with Crippen molar-refractivity contribution < 1.29 is 4.74 Å². The molecule has 0 spiro atoms. The van der Waals surface area contributed by atoms with E-state index in [2.05, 4.69) is 20.3 Å². The molecule has 3 rings (SSSR count). The second kappa shape index (κ2) is 5.27. The first-order chi connectivity index (χ1) is 10.1. The van der Waals surface area contributed by atoms with Gasteiger partial charge in [0.2, 0.25) is 0 Å². The van der Waals surface area contributed by atoms with E-state index in [9.17, 15) is 0 Å². The lowest BCUT2D eigenvalue weighted by molar-refractivity contribution is 0.299. The van der Waals surface area contributed by atoms with E-state index in [1.807, 2.05) is 0 Å². The SMILES string of the molecule is N=C(N=NN)c1ncnc2c1OCc1c-2ccc(Cl)c1Cl. The van der Waals surface area contributed by atoms with E-state index >= 15 is 0 Å². The summed E-state index contributed by atoms with van der Waals surface area (Å²) in [6.07, 6.45) is 1.32.